The fourth-order valence-electron chi connectivity index (χ4n) is 0.684. The predicted molar refractivity (Wildman–Crippen MR) is 46.8 cm³/mol. The van der Waals surface area contributed by atoms with Gasteiger partial charge in [0.25, 0.3) is 0 Å². The lowest BCUT2D eigenvalue weighted by Crippen LogP contribution is -2.06. The van der Waals surface area contributed by atoms with Crippen molar-refractivity contribution in [2.75, 3.05) is 12.3 Å². The first-order valence-corrected chi connectivity index (χ1v) is 3.89. The average Bonchev–Trinajstić information content (AvgIpc) is 2.01. The molecule has 0 aliphatic carbocycles. The Balaban J connectivity index is 2.52. The van der Waals surface area contributed by atoms with E-state index in [2.05, 4.69) is 23.8 Å². The molecule has 0 fully saturated rings. The van der Waals surface area contributed by atoms with Gasteiger partial charge < -0.3 is 10.5 Å². The number of rotatable bonds is 3. The van der Waals surface area contributed by atoms with Gasteiger partial charge in [-0.05, 0) is 5.92 Å². The van der Waals surface area contributed by atoms with Gasteiger partial charge in [0.2, 0.25) is 5.88 Å². The third-order valence-corrected chi connectivity index (χ3v) is 1.23. The Labute approximate surface area is 71.8 Å². The first kappa shape index (κ1) is 8.77. The highest BCUT2D eigenvalue weighted by atomic mass is 16.5. The summed E-state index contributed by atoms with van der Waals surface area (Å²) in [6, 6.07) is 1.61. The summed E-state index contributed by atoms with van der Waals surface area (Å²) in [5.41, 5.74) is 5.43. The number of ether oxygens (including phenoxy) is 1. The number of anilines is 1. The third kappa shape index (κ3) is 2.74. The molecule has 2 N–H and O–H groups in total. The summed E-state index contributed by atoms with van der Waals surface area (Å²) in [6.07, 6.45) is 1.39. The van der Waals surface area contributed by atoms with E-state index in [0.717, 1.165) is 0 Å². The van der Waals surface area contributed by atoms with Crippen LogP contribution in [-0.4, -0.2) is 16.6 Å². The SMILES string of the molecule is CC(C)COc1cc(N)ncn1. The number of nitrogens with zero attached hydrogens (tertiary/aromatic N) is 2. The van der Waals surface area contributed by atoms with E-state index in [1.165, 1.54) is 6.33 Å². The molecule has 0 saturated heterocycles. The van der Waals surface area contributed by atoms with E-state index < -0.39 is 0 Å². The van der Waals surface area contributed by atoms with E-state index in [1.807, 2.05) is 0 Å². The van der Waals surface area contributed by atoms with E-state index in [0.29, 0.717) is 24.2 Å². The molecule has 4 nitrogen and oxygen atoms in total. The lowest BCUT2D eigenvalue weighted by molar-refractivity contribution is 0.261. The van der Waals surface area contributed by atoms with Crippen LogP contribution in [0.15, 0.2) is 12.4 Å². The van der Waals surface area contributed by atoms with Crippen molar-refractivity contribution in [3.05, 3.63) is 12.4 Å². The van der Waals surface area contributed by atoms with E-state index in [4.69, 9.17) is 10.5 Å². The van der Waals surface area contributed by atoms with Gasteiger partial charge in [-0.25, -0.2) is 9.97 Å². The number of aromatic nitrogens is 2. The molecule has 0 spiro atoms. The van der Waals surface area contributed by atoms with Crippen molar-refractivity contribution in [1.82, 2.24) is 9.97 Å². The van der Waals surface area contributed by atoms with E-state index in [-0.39, 0.29) is 0 Å². The Morgan fingerprint density at radius 3 is 2.83 bits per heavy atom. The molecule has 0 unspecified atom stereocenters. The third-order valence-electron chi connectivity index (χ3n) is 1.23. The molecule has 0 aliphatic heterocycles. The zero-order valence-corrected chi connectivity index (χ0v) is 7.32. The van der Waals surface area contributed by atoms with Crippen LogP contribution >= 0.6 is 0 Å². The summed E-state index contributed by atoms with van der Waals surface area (Å²) >= 11 is 0. The van der Waals surface area contributed by atoms with Gasteiger partial charge in [-0.3, -0.25) is 0 Å². The average molecular weight is 167 g/mol. The number of hydrogen-bond donors (Lipinski definition) is 1. The van der Waals surface area contributed by atoms with Crippen molar-refractivity contribution in [2.45, 2.75) is 13.8 Å². The van der Waals surface area contributed by atoms with Crippen molar-refractivity contribution in [2.24, 2.45) is 5.92 Å². The van der Waals surface area contributed by atoms with Crippen LogP contribution in [0.5, 0.6) is 5.88 Å². The minimum Gasteiger partial charge on any atom is -0.477 e. The van der Waals surface area contributed by atoms with Crippen LogP contribution in [0, 0.1) is 5.92 Å². The fourth-order valence-corrected chi connectivity index (χ4v) is 0.684. The van der Waals surface area contributed by atoms with Crippen LogP contribution in [0.2, 0.25) is 0 Å². The largest absolute Gasteiger partial charge is 0.477 e. The van der Waals surface area contributed by atoms with Gasteiger partial charge in [-0.15, -0.1) is 0 Å². The number of nitrogen functional groups attached to an aromatic ring is 1. The lowest BCUT2D eigenvalue weighted by atomic mass is 10.2. The molecule has 0 radical (unpaired) electrons. The minimum atomic E-state index is 0.434. The molecule has 1 aromatic heterocycles. The van der Waals surface area contributed by atoms with Crippen molar-refractivity contribution in [3.63, 3.8) is 0 Å². The molecule has 0 aromatic carbocycles. The Morgan fingerprint density at radius 2 is 2.25 bits per heavy atom. The molecule has 0 saturated carbocycles. The molecule has 1 aromatic rings. The van der Waals surface area contributed by atoms with Crippen LogP contribution in [0.4, 0.5) is 5.82 Å². The van der Waals surface area contributed by atoms with Gasteiger partial charge in [-0.2, -0.15) is 0 Å². The first-order chi connectivity index (χ1) is 5.68. The quantitative estimate of drug-likeness (QED) is 0.732. The molecule has 0 amide bonds. The highest BCUT2D eigenvalue weighted by molar-refractivity contribution is 5.30. The Morgan fingerprint density at radius 1 is 1.50 bits per heavy atom. The highest BCUT2D eigenvalue weighted by Crippen LogP contribution is 2.08. The van der Waals surface area contributed by atoms with Crippen LogP contribution < -0.4 is 10.5 Å². The van der Waals surface area contributed by atoms with E-state index in [1.54, 1.807) is 6.07 Å². The first-order valence-electron chi connectivity index (χ1n) is 3.89. The fraction of sp³-hybridized carbons (Fsp3) is 0.500. The summed E-state index contributed by atoms with van der Waals surface area (Å²) in [4.78, 5) is 7.65. The Hall–Kier alpha value is -1.32. The van der Waals surface area contributed by atoms with Gasteiger partial charge in [-0.1, -0.05) is 13.8 Å². The van der Waals surface area contributed by atoms with Gasteiger partial charge >= 0.3 is 0 Å². The zero-order valence-electron chi connectivity index (χ0n) is 7.32. The standard InChI is InChI=1S/C8H13N3O/c1-6(2)4-12-8-3-7(9)10-5-11-8/h3,5-6H,4H2,1-2H3,(H2,9,10,11). The van der Waals surface area contributed by atoms with E-state index in [9.17, 15) is 0 Å². The van der Waals surface area contributed by atoms with Gasteiger partial charge in [0.1, 0.15) is 12.1 Å². The van der Waals surface area contributed by atoms with Gasteiger partial charge in [0.15, 0.2) is 0 Å². The molecule has 12 heavy (non-hydrogen) atoms. The normalized spacial score (nSPS) is 10.2. The van der Waals surface area contributed by atoms with Crippen molar-refractivity contribution in [3.8, 4) is 5.88 Å². The van der Waals surface area contributed by atoms with Crippen LogP contribution in [0.3, 0.4) is 0 Å². The maximum Gasteiger partial charge on any atom is 0.218 e. The maximum absolute atomic E-state index is 5.43. The van der Waals surface area contributed by atoms with Crippen molar-refractivity contribution in [1.29, 1.82) is 0 Å². The molecule has 0 bridgehead atoms. The molecule has 4 heteroatoms. The molecule has 0 aliphatic rings. The van der Waals surface area contributed by atoms with Gasteiger partial charge in [0.05, 0.1) is 6.61 Å². The Kier molecular flexibility index (Phi) is 2.85. The van der Waals surface area contributed by atoms with Crippen molar-refractivity contribution >= 4 is 5.82 Å². The van der Waals surface area contributed by atoms with Crippen molar-refractivity contribution < 1.29 is 4.74 Å². The molecule has 1 heterocycles. The summed E-state index contributed by atoms with van der Waals surface area (Å²) in [6.45, 7) is 4.80. The molecule has 1 rings (SSSR count). The monoisotopic (exact) mass is 167 g/mol. The minimum absolute atomic E-state index is 0.434. The smallest absolute Gasteiger partial charge is 0.218 e. The molecule has 0 atom stereocenters. The second-order valence-electron chi connectivity index (χ2n) is 2.99. The second-order valence-corrected chi connectivity index (χ2v) is 2.99. The highest BCUT2D eigenvalue weighted by Gasteiger charge is 1.98. The second kappa shape index (κ2) is 3.90. The van der Waals surface area contributed by atoms with E-state index >= 15 is 0 Å². The summed E-state index contributed by atoms with van der Waals surface area (Å²) in [5.74, 6) is 1.46. The summed E-state index contributed by atoms with van der Waals surface area (Å²) < 4.78 is 5.32. The molecular formula is C8H13N3O. The van der Waals surface area contributed by atoms with Crippen LogP contribution in [0.1, 0.15) is 13.8 Å². The van der Waals surface area contributed by atoms with Gasteiger partial charge in [0, 0.05) is 6.07 Å². The lowest BCUT2D eigenvalue weighted by Gasteiger charge is -2.06. The molecule has 66 valence electrons. The number of hydrogen-bond acceptors (Lipinski definition) is 4. The predicted octanol–water partition coefficient (Wildman–Crippen LogP) is 1.09. The number of nitrogens with two attached hydrogens (primary N) is 1. The topological polar surface area (TPSA) is 61.0 Å². The Bertz CT molecular complexity index is 250. The van der Waals surface area contributed by atoms with Crippen LogP contribution in [-0.2, 0) is 0 Å². The molecular weight excluding hydrogens is 154 g/mol. The zero-order chi connectivity index (χ0) is 8.97. The summed E-state index contributed by atoms with van der Waals surface area (Å²) in [7, 11) is 0. The van der Waals surface area contributed by atoms with Crippen LogP contribution in [0.25, 0.3) is 0 Å². The summed E-state index contributed by atoms with van der Waals surface area (Å²) in [5, 5.41) is 0. The maximum atomic E-state index is 5.43.